The molecule has 0 radical (unpaired) electrons. The summed E-state index contributed by atoms with van der Waals surface area (Å²) in [5.41, 5.74) is 2.40. The lowest BCUT2D eigenvalue weighted by Gasteiger charge is -2.27. The monoisotopic (exact) mass is 386 g/mol. The Morgan fingerprint density at radius 2 is 1.86 bits per heavy atom. The van der Waals surface area contributed by atoms with Crippen LogP contribution in [0.4, 0.5) is 5.69 Å². The van der Waals surface area contributed by atoms with E-state index in [4.69, 9.17) is 0 Å². The highest BCUT2D eigenvalue weighted by Gasteiger charge is 2.40. The van der Waals surface area contributed by atoms with Crippen LogP contribution in [0.15, 0.2) is 18.2 Å². The molecule has 1 aromatic carbocycles. The maximum atomic E-state index is 12.8. The maximum absolute atomic E-state index is 12.8. The minimum absolute atomic E-state index is 0.0725. The first-order valence-electron chi connectivity index (χ1n) is 10.8. The van der Waals surface area contributed by atoms with Crippen LogP contribution in [0.25, 0.3) is 0 Å². The number of carboxylic acid groups (broad SMARTS) is 1. The van der Waals surface area contributed by atoms with Gasteiger partial charge in [0.2, 0.25) is 5.91 Å². The Bertz CT molecular complexity index is 706. The molecule has 5 nitrogen and oxygen atoms in total. The Morgan fingerprint density at radius 3 is 2.50 bits per heavy atom. The van der Waals surface area contributed by atoms with Crippen molar-refractivity contribution in [3.05, 3.63) is 29.3 Å². The van der Waals surface area contributed by atoms with Crippen molar-refractivity contribution in [1.29, 1.82) is 0 Å². The second kappa shape index (κ2) is 9.08. The van der Waals surface area contributed by atoms with Gasteiger partial charge in [-0.05, 0) is 48.9 Å². The fraction of sp³-hybridized carbons (Fsp3) is 0.652. The summed E-state index contributed by atoms with van der Waals surface area (Å²) in [6.45, 7) is 7.30. The highest BCUT2D eigenvalue weighted by Crippen LogP contribution is 2.39. The van der Waals surface area contributed by atoms with Gasteiger partial charge in [0.15, 0.2) is 0 Å². The summed E-state index contributed by atoms with van der Waals surface area (Å²) in [6.07, 6.45) is 6.36. The lowest BCUT2D eigenvalue weighted by atomic mass is 9.77. The number of amides is 1. The molecular weight excluding hydrogens is 352 g/mol. The van der Waals surface area contributed by atoms with Crippen LogP contribution in [0.5, 0.6) is 0 Å². The van der Waals surface area contributed by atoms with Crippen molar-refractivity contribution in [1.82, 2.24) is 4.90 Å². The van der Waals surface area contributed by atoms with Gasteiger partial charge in [0, 0.05) is 25.2 Å². The number of hydrogen-bond donors (Lipinski definition) is 2. The number of nitrogens with zero attached hydrogens (tertiary/aromatic N) is 1. The van der Waals surface area contributed by atoms with E-state index in [-0.39, 0.29) is 12.3 Å². The van der Waals surface area contributed by atoms with Crippen molar-refractivity contribution < 1.29 is 14.7 Å². The molecule has 0 saturated heterocycles. The number of fused-ring (bicyclic) bond motifs is 1. The standard InChI is InChI=1S/C23H34N2O3/c1-17(2)10-13-25-15-18-8-7-9-20(19(18)16-25)24-21(26)14-23(22(27)28)11-5-3-4-6-12-23/h7-9,17H,3-6,10-16H2,1-2H3,(H,24,26)(H,27,28). The van der Waals surface area contributed by atoms with Crippen LogP contribution in [-0.2, 0) is 22.7 Å². The van der Waals surface area contributed by atoms with Gasteiger partial charge in [-0.2, -0.15) is 0 Å². The van der Waals surface area contributed by atoms with Gasteiger partial charge in [-0.25, -0.2) is 0 Å². The molecule has 0 spiro atoms. The molecule has 3 rings (SSSR count). The van der Waals surface area contributed by atoms with E-state index < -0.39 is 11.4 Å². The van der Waals surface area contributed by atoms with Gasteiger partial charge in [-0.3, -0.25) is 14.5 Å². The van der Waals surface area contributed by atoms with Gasteiger partial charge >= 0.3 is 5.97 Å². The molecule has 1 fully saturated rings. The lowest BCUT2D eigenvalue weighted by Crippen LogP contribution is -2.35. The van der Waals surface area contributed by atoms with Crippen LogP contribution in [0, 0.1) is 11.3 Å². The molecule has 0 unspecified atom stereocenters. The van der Waals surface area contributed by atoms with E-state index in [1.165, 1.54) is 11.1 Å². The largest absolute Gasteiger partial charge is 0.481 e. The fourth-order valence-electron chi connectivity index (χ4n) is 4.58. The van der Waals surface area contributed by atoms with Gasteiger partial charge < -0.3 is 10.4 Å². The van der Waals surface area contributed by atoms with Crippen LogP contribution in [-0.4, -0.2) is 28.4 Å². The predicted molar refractivity (Wildman–Crippen MR) is 111 cm³/mol. The van der Waals surface area contributed by atoms with Gasteiger partial charge in [-0.1, -0.05) is 51.7 Å². The quantitative estimate of drug-likeness (QED) is 0.660. The van der Waals surface area contributed by atoms with Crippen molar-refractivity contribution in [2.45, 2.75) is 78.3 Å². The number of carbonyl (C=O) groups excluding carboxylic acids is 1. The zero-order valence-corrected chi connectivity index (χ0v) is 17.3. The fourth-order valence-corrected chi connectivity index (χ4v) is 4.58. The Labute approximate surface area is 168 Å². The minimum Gasteiger partial charge on any atom is -0.481 e. The van der Waals surface area contributed by atoms with E-state index >= 15 is 0 Å². The van der Waals surface area contributed by atoms with Gasteiger partial charge in [0.1, 0.15) is 0 Å². The highest BCUT2D eigenvalue weighted by molar-refractivity contribution is 5.95. The number of hydrogen-bond acceptors (Lipinski definition) is 3. The molecule has 1 aliphatic heterocycles. The molecule has 5 heteroatoms. The van der Waals surface area contributed by atoms with E-state index in [0.29, 0.717) is 18.8 Å². The summed E-state index contributed by atoms with van der Waals surface area (Å²) < 4.78 is 0. The minimum atomic E-state index is -0.901. The second-order valence-corrected chi connectivity index (χ2v) is 9.06. The first-order chi connectivity index (χ1) is 13.4. The first-order valence-corrected chi connectivity index (χ1v) is 10.8. The molecule has 28 heavy (non-hydrogen) atoms. The number of carbonyl (C=O) groups is 2. The summed E-state index contributed by atoms with van der Waals surface area (Å²) in [7, 11) is 0. The van der Waals surface area contributed by atoms with E-state index in [9.17, 15) is 14.7 Å². The number of nitrogens with one attached hydrogen (secondary N) is 1. The Balaban J connectivity index is 1.67. The number of anilines is 1. The van der Waals surface area contributed by atoms with Crippen molar-refractivity contribution in [2.75, 3.05) is 11.9 Å². The molecule has 1 aromatic rings. The summed E-state index contributed by atoms with van der Waals surface area (Å²) in [5, 5.41) is 12.9. The second-order valence-electron chi connectivity index (χ2n) is 9.06. The maximum Gasteiger partial charge on any atom is 0.310 e. The zero-order valence-electron chi connectivity index (χ0n) is 17.3. The molecule has 2 N–H and O–H groups in total. The molecule has 154 valence electrons. The Morgan fingerprint density at radius 1 is 1.14 bits per heavy atom. The van der Waals surface area contributed by atoms with Crippen LogP contribution in [0.2, 0.25) is 0 Å². The summed E-state index contributed by atoms with van der Waals surface area (Å²) >= 11 is 0. The zero-order chi connectivity index (χ0) is 20.1. The third-order valence-electron chi connectivity index (χ3n) is 6.36. The van der Waals surface area contributed by atoms with Crippen LogP contribution in [0.1, 0.15) is 76.3 Å². The SMILES string of the molecule is CC(C)CCN1Cc2cccc(NC(=O)CC3(C(=O)O)CCCCCC3)c2C1. The number of aliphatic carboxylic acids is 1. The molecule has 1 amide bonds. The Kier molecular flexibility index (Phi) is 6.76. The normalized spacial score (nSPS) is 19.2. The average Bonchev–Trinajstić information content (AvgIpc) is 2.92. The summed E-state index contributed by atoms with van der Waals surface area (Å²) in [5.74, 6) is -0.310. The molecule has 0 bridgehead atoms. The van der Waals surface area contributed by atoms with Gasteiger partial charge in [0.05, 0.1) is 5.41 Å². The van der Waals surface area contributed by atoms with E-state index in [1.807, 2.05) is 12.1 Å². The molecule has 1 heterocycles. The van der Waals surface area contributed by atoms with Crippen molar-refractivity contribution in [3.8, 4) is 0 Å². The number of rotatable bonds is 7. The van der Waals surface area contributed by atoms with Crippen molar-refractivity contribution in [2.24, 2.45) is 11.3 Å². The lowest BCUT2D eigenvalue weighted by molar-refractivity contribution is -0.152. The predicted octanol–water partition coefficient (Wildman–Crippen LogP) is 4.80. The highest BCUT2D eigenvalue weighted by atomic mass is 16.4. The van der Waals surface area contributed by atoms with Crippen molar-refractivity contribution in [3.63, 3.8) is 0 Å². The summed E-state index contributed by atoms with van der Waals surface area (Å²) in [6, 6.07) is 6.06. The summed E-state index contributed by atoms with van der Waals surface area (Å²) in [4.78, 5) is 27.2. The number of benzene rings is 1. The van der Waals surface area contributed by atoms with Crippen LogP contribution in [0.3, 0.4) is 0 Å². The molecule has 1 saturated carbocycles. The molecular formula is C23H34N2O3. The number of carboxylic acids is 1. The van der Waals surface area contributed by atoms with Crippen LogP contribution < -0.4 is 5.32 Å². The molecule has 0 aromatic heterocycles. The molecule has 0 atom stereocenters. The first kappa shape index (κ1) is 20.8. The Hall–Kier alpha value is -1.88. The van der Waals surface area contributed by atoms with E-state index in [1.54, 1.807) is 0 Å². The molecule has 2 aliphatic rings. The smallest absolute Gasteiger partial charge is 0.310 e. The van der Waals surface area contributed by atoms with Crippen molar-refractivity contribution >= 4 is 17.6 Å². The van der Waals surface area contributed by atoms with Gasteiger partial charge in [-0.15, -0.1) is 0 Å². The average molecular weight is 387 g/mol. The van der Waals surface area contributed by atoms with E-state index in [2.05, 4.69) is 30.1 Å². The molecule has 1 aliphatic carbocycles. The van der Waals surface area contributed by atoms with Gasteiger partial charge in [0.25, 0.3) is 0 Å². The third-order valence-corrected chi connectivity index (χ3v) is 6.36. The topological polar surface area (TPSA) is 69.6 Å². The van der Waals surface area contributed by atoms with Crippen LogP contribution >= 0.6 is 0 Å². The third kappa shape index (κ3) is 4.93. The van der Waals surface area contributed by atoms with E-state index in [0.717, 1.165) is 57.4 Å².